The molecule has 0 aliphatic rings. The third kappa shape index (κ3) is 3.34. The standard InChI is InChI=1S/C11H10BrN3O2S/c12-7-1-8(18-5-7)2-13-4-10-9(11(16)17)3-14-6-15-10/h1,3,5-6,13H,2,4H2,(H,16,17). The van der Waals surface area contributed by atoms with E-state index in [2.05, 4.69) is 31.2 Å². The SMILES string of the molecule is O=C(O)c1cncnc1CNCc1cc(Br)cs1. The fourth-order valence-electron chi connectivity index (χ4n) is 1.43. The van der Waals surface area contributed by atoms with Crippen molar-refractivity contribution in [1.29, 1.82) is 0 Å². The van der Waals surface area contributed by atoms with Crippen LogP contribution in [-0.4, -0.2) is 21.0 Å². The first-order valence-corrected chi connectivity index (χ1v) is 6.80. The monoisotopic (exact) mass is 327 g/mol. The summed E-state index contributed by atoms with van der Waals surface area (Å²) in [5.74, 6) is -1.01. The molecule has 0 spiro atoms. The van der Waals surface area contributed by atoms with Gasteiger partial charge in [0.1, 0.15) is 11.9 Å². The number of hydrogen-bond acceptors (Lipinski definition) is 5. The zero-order chi connectivity index (χ0) is 13.0. The smallest absolute Gasteiger partial charge is 0.339 e. The highest BCUT2D eigenvalue weighted by Crippen LogP contribution is 2.19. The molecular weight excluding hydrogens is 318 g/mol. The Morgan fingerprint density at radius 1 is 1.50 bits per heavy atom. The zero-order valence-corrected chi connectivity index (χ0v) is 11.7. The van der Waals surface area contributed by atoms with Crippen molar-refractivity contribution < 1.29 is 9.90 Å². The molecular formula is C11H10BrN3O2S. The molecule has 2 rings (SSSR count). The van der Waals surface area contributed by atoms with Gasteiger partial charge in [-0.1, -0.05) is 0 Å². The zero-order valence-electron chi connectivity index (χ0n) is 9.26. The minimum atomic E-state index is -1.01. The van der Waals surface area contributed by atoms with Gasteiger partial charge in [-0.3, -0.25) is 0 Å². The summed E-state index contributed by atoms with van der Waals surface area (Å²) in [5, 5.41) is 14.1. The fraction of sp³-hybridized carbons (Fsp3) is 0.182. The van der Waals surface area contributed by atoms with E-state index in [4.69, 9.17) is 5.11 Å². The predicted molar refractivity (Wildman–Crippen MR) is 71.6 cm³/mol. The summed E-state index contributed by atoms with van der Waals surface area (Å²) in [5.41, 5.74) is 0.630. The van der Waals surface area contributed by atoms with Gasteiger partial charge in [0, 0.05) is 34.0 Å². The van der Waals surface area contributed by atoms with Crippen LogP contribution in [0.1, 0.15) is 20.9 Å². The number of carbonyl (C=O) groups is 1. The Hall–Kier alpha value is -1.31. The molecule has 0 amide bonds. The van der Waals surface area contributed by atoms with Crippen LogP contribution in [0.25, 0.3) is 0 Å². The minimum Gasteiger partial charge on any atom is -0.478 e. The largest absolute Gasteiger partial charge is 0.478 e. The number of nitrogens with zero attached hydrogens (tertiary/aromatic N) is 2. The highest BCUT2D eigenvalue weighted by atomic mass is 79.9. The van der Waals surface area contributed by atoms with Crippen LogP contribution >= 0.6 is 27.3 Å². The maximum Gasteiger partial charge on any atom is 0.339 e. The molecule has 0 aromatic carbocycles. The molecule has 0 saturated heterocycles. The second-order valence-corrected chi connectivity index (χ2v) is 5.43. The molecule has 0 aliphatic carbocycles. The van der Waals surface area contributed by atoms with Crippen molar-refractivity contribution in [2.24, 2.45) is 0 Å². The molecule has 2 N–H and O–H groups in total. The number of carboxylic acids is 1. The van der Waals surface area contributed by atoms with E-state index in [-0.39, 0.29) is 5.56 Å². The van der Waals surface area contributed by atoms with Crippen molar-refractivity contribution >= 4 is 33.2 Å². The van der Waals surface area contributed by atoms with E-state index in [1.165, 1.54) is 17.4 Å². The molecule has 0 bridgehead atoms. The topological polar surface area (TPSA) is 75.1 Å². The highest BCUT2D eigenvalue weighted by Gasteiger charge is 2.10. The van der Waals surface area contributed by atoms with Gasteiger partial charge in [0.25, 0.3) is 0 Å². The lowest BCUT2D eigenvalue weighted by Gasteiger charge is -2.05. The van der Waals surface area contributed by atoms with E-state index < -0.39 is 5.97 Å². The maximum absolute atomic E-state index is 10.9. The number of nitrogens with one attached hydrogen (secondary N) is 1. The normalized spacial score (nSPS) is 10.5. The summed E-state index contributed by atoms with van der Waals surface area (Å²) >= 11 is 5.02. The van der Waals surface area contributed by atoms with Gasteiger partial charge in [-0.25, -0.2) is 14.8 Å². The lowest BCUT2D eigenvalue weighted by Crippen LogP contribution is -2.16. The minimum absolute atomic E-state index is 0.136. The van der Waals surface area contributed by atoms with Crippen LogP contribution in [0.5, 0.6) is 0 Å². The van der Waals surface area contributed by atoms with Crippen LogP contribution in [0, 0.1) is 0 Å². The van der Waals surface area contributed by atoms with E-state index in [1.54, 1.807) is 11.3 Å². The first-order valence-electron chi connectivity index (χ1n) is 5.12. The Balaban J connectivity index is 1.96. The molecule has 0 atom stereocenters. The predicted octanol–water partition coefficient (Wildman–Crippen LogP) is 2.29. The van der Waals surface area contributed by atoms with Crippen molar-refractivity contribution in [2.45, 2.75) is 13.1 Å². The van der Waals surface area contributed by atoms with Crippen LogP contribution in [-0.2, 0) is 13.1 Å². The quantitative estimate of drug-likeness (QED) is 0.881. The van der Waals surface area contributed by atoms with Gasteiger partial charge in [-0.2, -0.15) is 0 Å². The van der Waals surface area contributed by atoms with E-state index in [0.717, 1.165) is 4.47 Å². The average molecular weight is 328 g/mol. The van der Waals surface area contributed by atoms with Gasteiger partial charge in [-0.15, -0.1) is 11.3 Å². The number of rotatable bonds is 5. The highest BCUT2D eigenvalue weighted by molar-refractivity contribution is 9.10. The maximum atomic E-state index is 10.9. The van der Waals surface area contributed by atoms with Crippen LogP contribution < -0.4 is 5.32 Å². The third-order valence-electron chi connectivity index (χ3n) is 2.24. The molecule has 2 heterocycles. The molecule has 0 radical (unpaired) electrons. The molecule has 5 nitrogen and oxygen atoms in total. The Labute approximate surface area is 116 Å². The first kappa shape index (κ1) is 13.1. The Morgan fingerprint density at radius 2 is 2.33 bits per heavy atom. The van der Waals surface area contributed by atoms with Crippen molar-refractivity contribution in [3.8, 4) is 0 Å². The number of halogens is 1. The van der Waals surface area contributed by atoms with Crippen molar-refractivity contribution in [2.75, 3.05) is 0 Å². The van der Waals surface area contributed by atoms with E-state index in [0.29, 0.717) is 18.8 Å². The van der Waals surface area contributed by atoms with Crippen LogP contribution in [0.4, 0.5) is 0 Å². The van der Waals surface area contributed by atoms with Gasteiger partial charge in [0.2, 0.25) is 0 Å². The number of hydrogen-bond donors (Lipinski definition) is 2. The number of carboxylic acid groups (broad SMARTS) is 1. The van der Waals surface area contributed by atoms with Crippen molar-refractivity contribution in [1.82, 2.24) is 15.3 Å². The number of aromatic carboxylic acids is 1. The van der Waals surface area contributed by atoms with E-state index in [1.807, 2.05) is 11.4 Å². The number of thiophene rings is 1. The number of aromatic nitrogens is 2. The molecule has 18 heavy (non-hydrogen) atoms. The Kier molecular flexibility index (Phi) is 4.40. The second kappa shape index (κ2) is 6.03. The van der Waals surface area contributed by atoms with Crippen molar-refractivity contribution in [3.63, 3.8) is 0 Å². The molecule has 2 aromatic rings. The molecule has 0 fully saturated rings. The van der Waals surface area contributed by atoms with Crippen molar-refractivity contribution in [3.05, 3.63) is 44.6 Å². The van der Waals surface area contributed by atoms with E-state index >= 15 is 0 Å². The van der Waals surface area contributed by atoms with Gasteiger partial charge in [0.15, 0.2) is 0 Å². The Bertz CT molecular complexity index is 559. The van der Waals surface area contributed by atoms with Crippen LogP contribution in [0.3, 0.4) is 0 Å². The fourth-order valence-corrected chi connectivity index (χ4v) is 2.85. The lowest BCUT2D eigenvalue weighted by atomic mass is 10.2. The summed E-state index contributed by atoms with van der Waals surface area (Å²) in [6.45, 7) is 1.08. The van der Waals surface area contributed by atoms with Gasteiger partial charge in [0.05, 0.1) is 5.69 Å². The average Bonchev–Trinajstić information content (AvgIpc) is 2.75. The lowest BCUT2D eigenvalue weighted by molar-refractivity contribution is 0.0694. The third-order valence-corrected chi connectivity index (χ3v) is 3.94. The summed E-state index contributed by atoms with van der Waals surface area (Å²) in [7, 11) is 0. The van der Waals surface area contributed by atoms with Gasteiger partial charge >= 0.3 is 5.97 Å². The molecule has 7 heteroatoms. The first-order chi connectivity index (χ1) is 8.66. The van der Waals surface area contributed by atoms with Crippen LogP contribution in [0.2, 0.25) is 0 Å². The van der Waals surface area contributed by atoms with Gasteiger partial charge < -0.3 is 10.4 Å². The molecule has 0 saturated carbocycles. The molecule has 94 valence electrons. The Morgan fingerprint density at radius 3 is 3.00 bits per heavy atom. The summed E-state index contributed by atoms with van der Waals surface area (Å²) in [6.07, 6.45) is 2.67. The van der Waals surface area contributed by atoms with Gasteiger partial charge in [-0.05, 0) is 22.0 Å². The molecule has 0 aliphatic heterocycles. The van der Waals surface area contributed by atoms with E-state index in [9.17, 15) is 4.79 Å². The molecule has 2 aromatic heterocycles. The summed E-state index contributed by atoms with van der Waals surface area (Å²) < 4.78 is 1.05. The molecule has 0 unspecified atom stereocenters. The summed E-state index contributed by atoms with van der Waals surface area (Å²) in [6, 6.07) is 2.02. The summed E-state index contributed by atoms with van der Waals surface area (Å²) in [4.78, 5) is 19.8. The van der Waals surface area contributed by atoms with Crippen LogP contribution in [0.15, 0.2) is 28.4 Å². The second-order valence-electron chi connectivity index (χ2n) is 3.52.